The number of nitrogens with two attached hydrogens (primary N) is 1. The second-order valence-electron chi connectivity index (χ2n) is 8.83. The van der Waals surface area contributed by atoms with Crippen molar-refractivity contribution in [3.8, 4) is 0 Å². The summed E-state index contributed by atoms with van der Waals surface area (Å²) in [6.45, 7) is 1.40. The predicted octanol–water partition coefficient (Wildman–Crippen LogP) is 4.73. The summed E-state index contributed by atoms with van der Waals surface area (Å²) in [7, 11) is 0. The van der Waals surface area contributed by atoms with Gasteiger partial charge in [-0.05, 0) is 49.3 Å². The Balaban J connectivity index is 0.00000210. The fraction of sp³-hybridized carbons (Fsp3) is 0.750. The fourth-order valence-electron chi connectivity index (χ4n) is 5.15. The maximum absolute atomic E-state index is 14.9. The number of rotatable bonds is 2. The van der Waals surface area contributed by atoms with Gasteiger partial charge < -0.3 is 10.6 Å². The molecule has 2 aliphatic rings. The molecule has 1 aliphatic carbocycles. The van der Waals surface area contributed by atoms with E-state index in [1.54, 1.807) is 6.07 Å². The molecule has 1 heterocycles. The molecule has 2 fully saturated rings. The van der Waals surface area contributed by atoms with E-state index in [9.17, 15) is 4.39 Å². The van der Waals surface area contributed by atoms with Crippen LogP contribution in [0.25, 0.3) is 0 Å². The summed E-state index contributed by atoms with van der Waals surface area (Å²) in [5.74, 6) is 0.808. The molecule has 0 spiro atoms. The monoisotopic (exact) mass is 412 g/mol. The maximum atomic E-state index is 14.9. The Bertz CT molecular complexity index is 572. The first-order valence-electron chi connectivity index (χ1n) is 11.5. The van der Waals surface area contributed by atoms with Gasteiger partial charge in [0, 0.05) is 19.1 Å². The van der Waals surface area contributed by atoms with Gasteiger partial charge in [0.1, 0.15) is 5.82 Å². The van der Waals surface area contributed by atoms with E-state index in [-0.39, 0.29) is 42.0 Å². The van der Waals surface area contributed by atoms with Gasteiger partial charge in [0.05, 0.1) is 5.69 Å². The van der Waals surface area contributed by atoms with Crippen molar-refractivity contribution in [3.63, 3.8) is 0 Å². The summed E-state index contributed by atoms with van der Waals surface area (Å²) in [5.41, 5.74) is 7.39. The minimum atomic E-state index is -0.0864. The van der Waals surface area contributed by atoms with Crippen LogP contribution in [0.15, 0.2) is 18.2 Å². The molecule has 0 radical (unpaired) electrons. The molecule has 1 saturated carbocycles. The number of fused-ring (bicyclic) bond motifs is 3. The minimum absolute atomic E-state index is 0. The molecule has 1 aromatic rings. The van der Waals surface area contributed by atoms with Gasteiger partial charge in [0.15, 0.2) is 17.4 Å². The van der Waals surface area contributed by atoms with Crippen molar-refractivity contribution in [2.24, 2.45) is 11.7 Å². The quantitative estimate of drug-likeness (QED) is 0.712. The Hall–Kier alpha value is 0.0399. The average molecular weight is 413 g/mol. The molecule has 2 nitrogen and oxygen atoms in total. The van der Waals surface area contributed by atoms with Crippen LogP contribution in [0.1, 0.15) is 95.5 Å². The molecule has 2 bridgehead atoms. The van der Waals surface area contributed by atoms with Gasteiger partial charge in [-0.2, -0.15) is 0 Å². The van der Waals surface area contributed by atoms with Crippen LogP contribution in [0.5, 0.6) is 0 Å². The summed E-state index contributed by atoms with van der Waals surface area (Å²) in [6.07, 6.45) is 18.6. The molecule has 3 rings (SSSR count). The van der Waals surface area contributed by atoms with Crippen LogP contribution in [0.4, 0.5) is 10.1 Å². The van der Waals surface area contributed by atoms with E-state index in [4.69, 9.17) is 5.73 Å². The van der Waals surface area contributed by atoms with Crippen LogP contribution in [-0.2, 0) is 6.54 Å². The van der Waals surface area contributed by atoms with Gasteiger partial charge in [-0.25, -0.2) is 4.39 Å². The summed E-state index contributed by atoms with van der Waals surface area (Å²) < 4.78 is 14.9. The number of hydrogen-bond donors (Lipinski definition) is 1. The Morgan fingerprint density at radius 1 is 0.828 bits per heavy atom. The van der Waals surface area contributed by atoms with E-state index in [0.29, 0.717) is 12.6 Å². The molecular formula is C24H43AlFLiN2. The number of halogens is 1. The Morgan fingerprint density at radius 2 is 1.48 bits per heavy atom. The molecule has 2 atom stereocenters. The second-order valence-corrected chi connectivity index (χ2v) is 8.83. The van der Waals surface area contributed by atoms with Gasteiger partial charge in [-0.1, -0.05) is 70.3 Å². The van der Waals surface area contributed by atoms with E-state index in [1.807, 2.05) is 12.1 Å². The molecule has 1 aromatic carbocycles. The van der Waals surface area contributed by atoms with Crippen molar-refractivity contribution in [3.05, 3.63) is 29.6 Å². The zero-order chi connectivity index (χ0) is 18.9. The first-order valence-corrected chi connectivity index (χ1v) is 11.5. The van der Waals surface area contributed by atoms with E-state index in [2.05, 4.69) is 4.90 Å². The van der Waals surface area contributed by atoms with Crippen molar-refractivity contribution in [2.75, 3.05) is 11.4 Å². The van der Waals surface area contributed by atoms with E-state index >= 15 is 0 Å². The van der Waals surface area contributed by atoms with Gasteiger partial charge in [-0.3, -0.25) is 0 Å². The van der Waals surface area contributed by atoms with Crippen molar-refractivity contribution in [1.82, 2.24) is 0 Å². The third kappa shape index (κ3) is 8.59. The second kappa shape index (κ2) is 14.9. The molecule has 2 N–H and O–H groups in total. The molecular weight excluding hydrogens is 369 g/mol. The van der Waals surface area contributed by atoms with Crippen LogP contribution in [0, 0.1) is 11.7 Å². The summed E-state index contributed by atoms with van der Waals surface area (Å²) in [4.78, 5) is 2.41. The fourth-order valence-corrected chi connectivity index (χ4v) is 5.15. The molecule has 2 unspecified atom stereocenters. The van der Waals surface area contributed by atoms with Gasteiger partial charge in [0.2, 0.25) is 0 Å². The molecule has 5 heteroatoms. The van der Waals surface area contributed by atoms with Crippen LogP contribution >= 0.6 is 0 Å². The summed E-state index contributed by atoms with van der Waals surface area (Å²) in [6, 6.07) is 6.13. The normalized spacial score (nSPS) is 24.4. The third-order valence-corrected chi connectivity index (χ3v) is 6.82. The van der Waals surface area contributed by atoms with Crippen LogP contribution in [-0.4, -0.2) is 48.8 Å². The van der Waals surface area contributed by atoms with Crippen LogP contribution < -0.4 is 10.6 Å². The van der Waals surface area contributed by atoms with E-state index in [1.165, 1.54) is 89.9 Å². The van der Waals surface area contributed by atoms with Crippen molar-refractivity contribution in [1.29, 1.82) is 0 Å². The molecule has 1 saturated heterocycles. The summed E-state index contributed by atoms with van der Waals surface area (Å²) >= 11 is 0. The number of benzene rings is 1. The third-order valence-electron chi connectivity index (χ3n) is 6.82. The topological polar surface area (TPSA) is 29.3 Å². The SMILES string of the molecule is NCc1ccc(N2CCCCCCCCCCC3CCCC2CC3)c(F)c1.[AlH3].[LiH]. The van der Waals surface area contributed by atoms with Crippen molar-refractivity contribution >= 4 is 41.9 Å². The van der Waals surface area contributed by atoms with Gasteiger partial charge in [-0.15, -0.1) is 0 Å². The van der Waals surface area contributed by atoms with Crippen molar-refractivity contribution < 1.29 is 4.39 Å². The molecule has 160 valence electrons. The summed E-state index contributed by atoms with van der Waals surface area (Å²) in [5, 5.41) is 0. The number of hydrogen-bond acceptors (Lipinski definition) is 2. The van der Waals surface area contributed by atoms with Crippen LogP contribution in [0.2, 0.25) is 0 Å². The zero-order valence-electron chi connectivity index (χ0n) is 17.1. The molecule has 0 amide bonds. The Morgan fingerprint density at radius 3 is 2.17 bits per heavy atom. The van der Waals surface area contributed by atoms with Gasteiger partial charge >= 0.3 is 18.9 Å². The number of nitrogens with zero attached hydrogens (tertiary/aromatic N) is 1. The van der Waals surface area contributed by atoms with Gasteiger partial charge in [0.25, 0.3) is 0 Å². The first-order chi connectivity index (χ1) is 13.3. The van der Waals surface area contributed by atoms with Crippen LogP contribution in [0.3, 0.4) is 0 Å². The first kappa shape index (κ1) is 27.1. The average Bonchev–Trinajstić information content (AvgIpc) is 2.92. The zero-order valence-corrected chi connectivity index (χ0v) is 17.1. The predicted molar refractivity (Wildman–Crippen MR) is 131 cm³/mol. The molecule has 29 heavy (non-hydrogen) atoms. The standard InChI is InChI=1S/C24H39FN2.Al.Li.4H/c25-23-18-21(19-26)14-16-24(23)27-17-8-6-4-2-1-3-5-7-10-20-11-9-12-22(27)15-13-20;;;;;;/h14,16,18,20,22H,1-13,15,17,19,26H2;;;;;;. The molecule has 0 aromatic heterocycles. The van der Waals surface area contributed by atoms with E-state index in [0.717, 1.165) is 23.7 Å². The van der Waals surface area contributed by atoms with E-state index < -0.39 is 0 Å². The number of anilines is 1. The Labute approximate surface area is 200 Å². The Kier molecular flexibility index (Phi) is 14.0. The molecule has 1 aliphatic heterocycles. The van der Waals surface area contributed by atoms with Crippen molar-refractivity contribution in [2.45, 2.75) is 102 Å².